The molecule has 1 aromatic carbocycles. The van der Waals surface area contributed by atoms with Crippen LogP contribution >= 0.6 is 11.6 Å². The fourth-order valence-electron chi connectivity index (χ4n) is 1.78. The van der Waals surface area contributed by atoms with Crippen molar-refractivity contribution >= 4 is 28.5 Å². The van der Waals surface area contributed by atoms with Gasteiger partial charge < -0.3 is 9.73 Å². The Bertz CT molecular complexity index is 601. The van der Waals surface area contributed by atoms with Crippen LogP contribution in [0.4, 0.5) is 0 Å². The van der Waals surface area contributed by atoms with Gasteiger partial charge in [-0.05, 0) is 31.5 Å². The summed E-state index contributed by atoms with van der Waals surface area (Å²) in [6.45, 7) is 6.01. The summed E-state index contributed by atoms with van der Waals surface area (Å²) in [7, 11) is 0. The Morgan fingerprint density at radius 2 is 2.33 bits per heavy atom. The number of amides is 1. The number of nitrogens with one attached hydrogen (secondary N) is 1. The molecule has 1 heterocycles. The number of carbonyl (C=O) groups is 1. The largest absolute Gasteiger partial charge is 0.451 e. The quantitative estimate of drug-likeness (QED) is 0.675. The zero-order valence-electron chi connectivity index (χ0n) is 10.1. The molecule has 0 spiro atoms. The van der Waals surface area contributed by atoms with Crippen LogP contribution in [-0.4, -0.2) is 12.5 Å². The number of aryl methyl sites for hydroxylation is 1. The zero-order valence-corrected chi connectivity index (χ0v) is 10.9. The second-order valence-corrected chi connectivity index (χ2v) is 4.47. The van der Waals surface area contributed by atoms with E-state index in [1.807, 2.05) is 6.92 Å². The Morgan fingerprint density at radius 3 is 3.06 bits per heavy atom. The molecule has 2 aromatic rings. The third-order valence-electron chi connectivity index (χ3n) is 2.74. The van der Waals surface area contributed by atoms with Crippen molar-refractivity contribution < 1.29 is 9.21 Å². The van der Waals surface area contributed by atoms with Gasteiger partial charge in [-0.3, -0.25) is 4.79 Å². The second-order valence-electron chi connectivity index (χ2n) is 4.03. The van der Waals surface area contributed by atoms with Gasteiger partial charge in [0, 0.05) is 22.5 Å². The van der Waals surface area contributed by atoms with Crippen LogP contribution in [0, 0.1) is 6.92 Å². The van der Waals surface area contributed by atoms with Crippen LogP contribution in [-0.2, 0) is 0 Å². The van der Waals surface area contributed by atoms with Crippen molar-refractivity contribution in [2.24, 2.45) is 0 Å². The molecule has 0 aliphatic rings. The summed E-state index contributed by atoms with van der Waals surface area (Å²) in [6.07, 6.45) is 2.49. The van der Waals surface area contributed by atoms with Crippen LogP contribution < -0.4 is 5.32 Å². The molecule has 0 bridgehead atoms. The molecule has 0 aliphatic heterocycles. The van der Waals surface area contributed by atoms with Crippen molar-refractivity contribution in [1.82, 2.24) is 5.32 Å². The number of fused-ring (bicyclic) bond motifs is 1. The first-order valence-corrected chi connectivity index (χ1v) is 6.09. The number of hydrogen-bond acceptors (Lipinski definition) is 2. The second kappa shape index (κ2) is 5.27. The molecule has 0 unspecified atom stereocenters. The lowest BCUT2D eigenvalue weighted by Gasteiger charge is -2.00. The Kier molecular flexibility index (Phi) is 3.72. The minimum absolute atomic E-state index is 0.207. The molecule has 1 aromatic heterocycles. The van der Waals surface area contributed by atoms with E-state index in [2.05, 4.69) is 11.9 Å². The fourth-order valence-corrected chi connectivity index (χ4v) is 1.95. The summed E-state index contributed by atoms with van der Waals surface area (Å²) < 4.78 is 5.55. The van der Waals surface area contributed by atoms with Crippen molar-refractivity contribution in [1.29, 1.82) is 0 Å². The van der Waals surface area contributed by atoms with Gasteiger partial charge in [-0.1, -0.05) is 17.7 Å². The molecule has 1 N–H and O–H groups in total. The minimum atomic E-state index is -0.207. The van der Waals surface area contributed by atoms with E-state index in [0.717, 1.165) is 17.4 Å². The first-order chi connectivity index (χ1) is 8.63. The maximum absolute atomic E-state index is 11.9. The van der Waals surface area contributed by atoms with E-state index < -0.39 is 0 Å². The molecule has 0 atom stereocenters. The van der Waals surface area contributed by atoms with Crippen LogP contribution in [0.5, 0.6) is 0 Å². The summed E-state index contributed by atoms with van der Waals surface area (Å²) in [5.41, 5.74) is 1.48. The number of hydrogen-bond donors (Lipinski definition) is 1. The third-order valence-corrected chi connectivity index (χ3v) is 2.97. The summed E-state index contributed by atoms with van der Waals surface area (Å²) >= 11 is 5.93. The number of rotatable bonds is 4. The van der Waals surface area contributed by atoms with Crippen LogP contribution in [0.1, 0.15) is 22.5 Å². The average molecular weight is 264 g/mol. The van der Waals surface area contributed by atoms with Crippen LogP contribution in [0.15, 0.2) is 35.3 Å². The van der Waals surface area contributed by atoms with Crippen LogP contribution in [0.25, 0.3) is 11.0 Å². The lowest BCUT2D eigenvalue weighted by Crippen LogP contribution is -2.24. The molecule has 0 fully saturated rings. The first-order valence-electron chi connectivity index (χ1n) is 5.71. The van der Waals surface area contributed by atoms with E-state index in [0.29, 0.717) is 22.9 Å². The van der Waals surface area contributed by atoms with Gasteiger partial charge in [-0.2, -0.15) is 0 Å². The monoisotopic (exact) mass is 263 g/mol. The zero-order chi connectivity index (χ0) is 13.1. The van der Waals surface area contributed by atoms with Crippen LogP contribution in [0.3, 0.4) is 0 Å². The summed E-state index contributed by atoms with van der Waals surface area (Å²) in [5, 5.41) is 4.28. The van der Waals surface area contributed by atoms with Crippen molar-refractivity contribution in [3.05, 3.63) is 47.2 Å². The lowest BCUT2D eigenvalue weighted by molar-refractivity contribution is 0.0928. The van der Waals surface area contributed by atoms with E-state index in [1.54, 1.807) is 24.3 Å². The van der Waals surface area contributed by atoms with Gasteiger partial charge in [-0.25, -0.2) is 0 Å². The van der Waals surface area contributed by atoms with Crippen molar-refractivity contribution in [3.63, 3.8) is 0 Å². The van der Waals surface area contributed by atoms with Crippen LogP contribution in [0.2, 0.25) is 5.02 Å². The van der Waals surface area contributed by atoms with E-state index in [4.69, 9.17) is 16.0 Å². The topological polar surface area (TPSA) is 42.2 Å². The smallest absolute Gasteiger partial charge is 0.287 e. The molecule has 2 rings (SSSR count). The molecule has 4 heteroatoms. The fraction of sp³-hybridized carbons (Fsp3) is 0.214. The van der Waals surface area contributed by atoms with E-state index in [-0.39, 0.29) is 5.91 Å². The molecule has 0 radical (unpaired) electrons. The lowest BCUT2D eigenvalue weighted by atomic mass is 10.1. The highest BCUT2D eigenvalue weighted by molar-refractivity contribution is 6.31. The van der Waals surface area contributed by atoms with Gasteiger partial charge in [-0.15, -0.1) is 6.58 Å². The average Bonchev–Trinajstić information content (AvgIpc) is 2.67. The van der Waals surface area contributed by atoms with Gasteiger partial charge in [0.05, 0.1) is 0 Å². The normalized spacial score (nSPS) is 10.6. The standard InChI is InChI=1S/C14H14ClNO2/c1-3-4-7-16-14(17)13-9(2)11-8-10(15)5-6-12(11)18-13/h3,5-6,8H,1,4,7H2,2H3,(H,16,17). The molecular weight excluding hydrogens is 250 g/mol. The predicted molar refractivity (Wildman–Crippen MR) is 73.1 cm³/mol. The van der Waals surface area contributed by atoms with Gasteiger partial charge in [0.25, 0.3) is 5.91 Å². The summed E-state index contributed by atoms with van der Waals surface area (Å²) in [5.74, 6) is 0.137. The van der Waals surface area contributed by atoms with E-state index in [9.17, 15) is 4.79 Å². The molecule has 1 amide bonds. The molecule has 0 saturated carbocycles. The van der Waals surface area contributed by atoms with Crippen molar-refractivity contribution in [3.8, 4) is 0 Å². The molecule has 94 valence electrons. The Balaban J connectivity index is 2.31. The highest BCUT2D eigenvalue weighted by Gasteiger charge is 2.17. The van der Waals surface area contributed by atoms with E-state index in [1.165, 1.54) is 0 Å². The highest BCUT2D eigenvalue weighted by atomic mass is 35.5. The summed E-state index contributed by atoms with van der Waals surface area (Å²) in [4.78, 5) is 11.9. The minimum Gasteiger partial charge on any atom is -0.451 e. The van der Waals surface area contributed by atoms with Crippen molar-refractivity contribution in [2.45, 2.75) is 13.3 Å². The molecular formula is C14H14ClNO2. The number of benzene rings is 1. The molecule has 18 heavy (non-hydrogen) atoms. The van der Waals surface area contributed by atoms with Gasteiger partial charge >= 0.3 is 0 Å². The van der Waals surface area contributed by atoms with Gasteiger partial charge in [0.15, 0.2) is 5.76 Å². The molecule has 0 saturated heterocycles. The number of carbonyl (C=O) groups excluding carboxylic acids is 1. The SMILES string of the molecule is C=CCCNC(=O)c1oc2ccc(Cl)cc2c1C. The van der Waals surface area contributed by atoms with E-state index >= 15 is 0 Å². The van der Waals surface area contributed by atoms with Crippen molar-refractivity contribution in [2.75, 3.05) is 6.54 Å². The third kappa shape index (κ3) is 2.41. The number of furan rings is 1. The molecule has 0 aliphatic carbocycles. The highest BCUT2D eigenvalue weighted by Crippen LogP contribution is 2.27. The number of halogens is 1. The Morgan fingerprint density at radius 1 is 1.56 bits per heavy atom. The Labute approximate surface area is 110 Å². The first kappa shape index (κ1) is 12.7. The maximum atomic E-state index is 11.9. The predicted octanol–water partition coefficient (Wildman–Crippen LogP) is 3.70. The Hall–Kier alpha value is -1.74. The van der Waals surface area contributed by atoms with Gasteiger partial charge in [0.1, 0.15) is 5.58 Å². The van der Waals surface area contributed by atoms with Gasteiger partial charge in [0.2, 0.25) is 0 Å². The maximum Gasteiger partial charge on any atom is 0.287 e. The molecule has 3 nitrogen and oxygen atoms in total. The summed E-state index contributed by atoms with van der Waals surface area (Å²) in [6, 6.07) is 5.31.